The topological polar surface area (TPSA) is 70.7 Å². The lowest BCUT2D eigenvalue weighted by Gasteiger charge is -2.26. The number of ether oxygens (including phenoxy) is 1. The Bertz CT molecular complexity index is 799. The zero-order valence-corrected chi connectivity index (χ0v) is 15.8. The van der Waals surface area contributed by atoms with Gasteiger partial charge in [-0.05, 0) is 24.4 Å². The Labute approximate surface area is 155 Å². The molecule has 0 aliphatic carbocycles. The van der Waals surface area contributed by atoms with Crippen LogP contribution in [0.1, 0.15) is 6.42 Å². The van der Waals surface area contributed by atoms with Crippen LogP contribution in [0.15, 0.2) is 42.5 Å². The number of sulfonamides is 1. The van der Waals surface area contributed by atoms with Crippen molar-refractivity contribution >= 4 is 26.5 Å². The number of morpholine rings is 1. The first-order valence-corrected chi connectivity index (χ1v) is 10.8. The van der Waals surface area contributed by atoms with Crippen molar-refractivity contribution in [2.45, 2.75) is 6.42 Å². The minimum absolute atomic E-state index is 0.165. The third kappa shape index (κ3) is 5.67. The van der Waals surface area contributed by atoms with Crippen LogP contribution in [0.5, 0.6) is 0 Å². The summed E-state index contributed by atoms with van der Waals surface area (Å²) in [7, 11) is -3.23. The second kappa shape index (κ2) is 9.32. The van der Waals surface area contributed by atoms with E-state index >= 15 is 0 Å². The molecule has 0 aromatic heterocycles. The molecule has 2 N–H and O–H groups in total. The van der Waals surface area contributed by atoms with Crippen molar-refractivity contribution in [3.63, 3.8) is 0 Å². The van der Waals surface area contributed by atoms with Gasteiger partial charge >= 0.3 is 0 Å². The van der Waals surface area contributed by atoms with E-state index in [1.807, 2.05) is 24.3 Å². The van der Waals surface area contributed by atoms with Gasteiger partial charge in [-0.15, -0.1) is 0 Å². The minimum atomic E-state index is -3.23. The van der Waals surface area contributed by atoms with Crippen LogP contribution in [0, 0.1) is 0 Å². The summed E-state index contributed by atoms with van der Waals surface area (Å²) in [5.74, 6) is 0.165. The van der Waals surface area contributed by atoms with Gasteiger partial charge in [-0.25, -0.2) is 13.1 Å². The number of anilines is 1. The van der Waals surface area contributed by atoms with E-state index < -0.39 is 10.0 Å². The van der Waals surface area contributed by atoms with Crippen molar-refractivity contribution in [3.8, 4) is 0 Å². The van der Waals surface area contributed by atoms with Crippen molar-refractivity contribution in [2.75, 3.05) is 57.0 Å². The van der Waals surface area contributed by atoms with E-state index in [1.165, 1.54) is 5.39 Å². The maximum Gasteiger partial charge on any atom is 0.211 e. The molecule has 2 aromatic carbocycles. The fourth-order valence-electron chi connectivity index (χ4n) is 3.16. The molecule has 0 saturated carbocycles. The Morgan fingerprint density at radius 3 is 2.62 bits per heavy atom. The summed E-state index contributed by atoms with van der Waals surface area (Å²) in [4.78, 5) is 2.25. The summed E-state index contributed by atoms with van der Waals surface area (Å²) in [5, 5.41) is 5.63. The second-order valence-corrected chi connectivity index (χ2v) is 8.40. The fourth-order valence-corrected chi connectivity index (χ4v) is 4.22. The molecular weight excluding hydrogens is 350 g/mol. The molecule has 0 unspecified atom stereocenters. The molecule has 1 fully saturated rings. The minimum Gasteiger partial charge on any atom is -0.383 e. The first-order chi connectivity index (χ1) is 12.6. The van der Waals surface area contributed by atoms with Gasteiger partial charge in [0.05, 0.1) is 19.0 Å². The zero-order chi connectivity index (χ0) is 18.2. The van der Waals surface area contributed by atoms with Gasteiger partial charge in [0, 0.05) is 37.3 Å². The van der Waals surface area contributed by atoms with Crippen molar-refractivity contribution in [1.29, 1.82) is 0 Å². The molecule has 2 aromatic rings. The molecular formula is C19H27N3O3S. The summed E-state index contributed by atoms with van der Waals surface area (Å²) >= 11 is 0. The van der Waals surface area contributed by atoms with Crippen LogP contribution in [0.4, 0.5) is 5.69 Å². The van der Waals surface area contributed by atoms with E-state index in [4.69, 9.17) is 4.74 Å². The first-order valence-electron chi connectivity index (χ1n) is 9.13. The third-order valence-electron chi connectivity index (χ3n) is 4.54. The molecule has 1 saturated heterocycles. The van der Waals surface area contributed by atoms with Crippen LogP contribution in [0.3, 0.4) is 0 Å². The van der Waals surface area contributed by atoms with Gasteiger partial charge in [0.25, 0.3) is 0 Å². The number of hydrogen-bond acceptors (Lipinski definition) is 5. The third-order valence-corrected chi connectivity index (χ3v) is 6.01. The van der Waals surface area contributed by atoms with Gasteiger partial charge < -0.3 is 10.1 Å². The van der Waals surface area contributed by atoms with Gasteiger partial charge in [0.1, 0.15) is 0 Å². The summed E-state index contributed by atoms with van der Waals surface area (Å²) in [6, 6.07) is 14.2. The smallest absolute Gasteiger partial charge is 0.211 e. The number of rotatable bonds is 9. The second-order valence-electron chi connectivity index (χ2n) is 6.47. The highest BCUT2D eigenvalue weighted by Gasteiger charge is 2.13. The highest BCUT2D eigenvalue weighted by atomic mass is 32.2. The average Bonchev–Trinajstić information content (AvgIpc) is 2.66. The number of nitrogens with zero attached hydrogens (tertiary/aromatic N) is 1. The Kier molecular flexibility index (Phi) is 6.85. The van der Waals surface area contributed by atoms with E-state index in [2.05, 4.69) is 33.1 Å². The molecule has 0 radical (unpaired) electrons. The van der Waals surface area contributed by atoms with Crippen LogP contribution >= 0.6 is 0 Å². The van der Waals surface area contributed by atoms with Crippen LogP contribution in [0.2, 0.25) is 0 Å². The molecule has 0 bridgehead atoms. The van der Waals surface area contributed by atoms with Gasteiger partial charge in [0.2, 0.25) is 10.0 Å². The lowest BCUT2D eigenvalue weighted by atomic mass is 10.1. The van der Waals surface area contributed by atoms with Crippen LogP contribution in [0.25, 0.3) is 10.8 Å². The monoisotopic (exact) mass is 377 g/mol. The standard InChI is InChI=1S/C19H27N3O3S/c23-26(24,16-4-11-22-12-14-25-15-13-22)21-10-9-20-19-8-3-6-17-5-1-2-7-18(17)19/h1-3,5-8,20-21H,4,9-16H2. The highest BCUT2D eigenvalue weighted by molar-refractivity contribution is 7.89. The van der Waals surface area contributed by atoms with Crippen molar-refractivity contribution in [2.24, 2.45) is 0 Å². The predicted octanol–water partition coefficient (Wildman–Crippen LogP) is 1.89. The predicted molar refractivity (Wildman–Crippen MR) is 106 cm³/mol. The van der Waals surface area contributed by atoms with Crippen LogP contribution in [-0.2, 0) is 14.8 Å². The molecule has 26 heavy (non-hydrogen) atoms. The number of benzene rings is 2. The lowest BCUT2D eigenvalue weighted by molar-refractivity contribution is 0.0381. The van der Waals surface area contributed by atoms with E-state index in [0.717, 1.165) is 43.9 Å². The van der Waals surface area contributed by atoms with Crippen molar-refractivity contribution in [1.82, 2.24) is 9.62 Å². The molecule has 142 valence electrons. The van der Waals surface area contributed by atoms with Gasteiger partial charge in [-0.2, -0.15) is 0 Å². The Morgan fingerprint density at radius 1 is 1.00 bits per heavy atom. The highest BCUT2D eigenvalue weighted by Crippen LogP contribution is 2.22. The van der Waals surface area contributed by atoms with Crippen LogP contribution < -0.4 is 10.0 Å². The quantitative estimate of drug-likeness (QED) is 0.653. The molecule has 6 nitrogen and oxygen atoms in total. The van der Waals surface area contributed by atoms with Crippen LogP contribution in [-0.4, -0.2) is 65.0 Å². The van der Waals surface area contributed by atoms with Gasteiger partial charge in [-0.3, -0.25) is 4.90 Å². The largest absolute Gasteiger partial charge is 0.383 e. The van der Waals surface area contributed by atoms with E-state index in [0.29, 0.717) is 19.5 Å². The van der Waals surface area contributed by atoms with E-state index in [9.17, 15) is 8.42 Å². The lowest BCUT2D eigenvalue weighted by Crippen LogP contribution is -2.38. The molecule has 1 aliphatic rings. The maximum absolute atomic E-state index is 12.1. The average molecular weight is 378 g/mol. The summed E-state index contributed by atoms with van der Waals surface area (Å²) in [6.45, 7) is 5.00. The van der Waals surface area contributed by atoms with Gasteiger partial charge in [-0.1, -0.05) is 36.4 Å². The SMILES string of the molecule is O=S(=O)(CCCN1CCOCC1)NCCNc1cccc2ccccc12. The normalized spacial score (nSPS) is 16.0. The van der Waals surface area contributed by atoms with E-state index in [1.54, 1.807) is 0 Å². The molecule has 1 aliphatic heterocycles. The number of nitrogens with one attached hydrogen (secondary N) is 2. The molecule has 3 rings (SSSR count). The number of hydrogen-bond donors (Lipinski definition) is 2. The Balaban J connectivity index is 1.39. The summed E-state index contributed by atoms with van der Waals surface area (Å²) in [6.07, 6.45) is 0.645. The summed E-state index contributed by atoms with van der Waals surface area (Å²) < 4.78 is 32.2. The van der Waals surface area contributed by atoms with E-state index in [-0.39, 0.29) is 5.75 Å². The molecule has 0 spiro atoms. The number of fused-ring (bicyclic) bond motifs is 1. The first kappa shape index (κ1) is 19.1. The summed E-state index contributed by atoms with van der Waals surface area (Å²) in [5.41, 5.74) is 1.02. The van der Waals surface area contributed by atoms with Crippen molar-refractivity contribution in [3.05, 3.63) is 42.5 Å². The molecule has 0 amide bonds. The molecule has 0 atom stereocenters. The van der Waals surface area contributed by atoms with Gasteiger partial charge in [0.15, 0.2) is 0 Å². The fraction of sp³-hybridized carbons (Fsp3) is 0.474. The Morgan fingerprint density at radius 2 is 1.77 bits per heavy atom. The zero-order valence-electron chi connectivity index (χ0n) is 15.0. The maximum atomic E-state index is 12.1. The molecule has 7 heteroatoms. The van der Waals surface area contributed by atoms with Crippen molar-refractivity contribution < 1.29 is 13.2 Å². The molecule has 1 heterocycles. The Hall–Kier alpha value is -1.67.